The summed E-state index contributed by atoms with van der Waals surface area (Å²) >= 11 is 0. The lowest BCUT2D eigenvalue weighted by Crippen LogP contribution is -2.38. The van der Waals surface area contributed by atoms with Gasteiger partial charge in [0.1, 0.15) is 5.82 Å². The van der Waals surface area contributed by atoms with E-state index in [-0.39, 0.29) is 23.2 Å². The number of hydrogen-bond donors (Lipinski definition) is 2. The Morgan fingerprint density at radius 1 is 1.35 bits per heavy atom. The number of nitrogens with two attached hydrogens (primary N) is 1. The average molecular weight is 282 g/mol. The molecule has 1 rings (SSSR count). The fourth-order valence-corrected chi connectivity index (χ4v) is 1.38. The third kappa shape index (κ3) is 4.53. The summed E-state index contributed by atoms with van der Waals surface area (Å²) in [6.45, 7) is 5.36. The Balaban J connectivity index is 2.55. The minimum Gasteiger partial charge on any atom is -0.452 e. The van der Waals surface area contributed by atoms with Crippen molar-refractivity contribution >= 4 is 17.6 Å². The first kappa shape index (κ1) is 15.9. The normalized spacial score (nSPS) is 12.1. The third-order valence-corrected chi connectivity index (χ3v) is 2.96. The summed E-state index contributed by atoms with van der Waals surface area (Å²) in [5.74, 6) is -1.55. The maximum Gasteiger partial charge on any atom is 0.340 e. The van der Waals surface area contributed by atoms with Crippen LogP contribution in [0, 0.1) is 11.7 Å². The molecule has 0 aliphatic heterocycles. The number of carbonyl (C=O) groups excluding carboxylic acids is 2. The van der Waals surface area contributed by atoms with Gasteiger partial charge in [-0.05, 0) is 31.0 Å². The Labute approximate surface area is 117 Å². The summed E-state index contributed by atoms with van der Waals surface area (Å²) in [6, 6.07) is 3.36. The predicted octanol–water partition coefficient (Wildman–Crippen LogP) is 1.73. The van der Waals surface area contributed by atoms with E-state index in [0.29, 0.717) is 0 Å². The maximum atomic E-state index is 13.0. The highest BCUT2D eigenvalue weighted by Crippen LogP contribution is 2.14. The van der Waals surface area contributed by atoms with Gasteiger partial charge in [0.25, 0.3) is 5.91 Å². The molecule has 0 fully saturated rings. The van der Waals surface area contributed by atoms with Gasteiger partial charge in [0, 0.05) is 11.7 Å². The zero-order valence-corrected chi connectivity index (χ0v) is 11.8. The number of amides is 1. The molecule has 0 aromatic heterocycles. The topological polar surface area (TPSA) is 81.4 Å². The van der Waals surface area contributed by atoms with Gasteiger partial charge >= 0.3 is 5.97 Å². The van der Waals surface area contributed by atoms with Gasteiger partial charge in [-0.2, -0.15) is 0 Å². The second kappa shape index (κ2) is 6.88. The molecule has 6 heteroatoms. The van der Waals surface area contributed by atoms with Crippen LogP contribution < -0.4 is 11.1 Å². The molecule has 3 N–H and O–H groups in total. The van der Waals surface area contributed by atoms with Crippen LogP contribution in [0.3, 0.4) is 0 Å². The molecule has 5 nitrogen and oxygen atoms in total. The van der Waals surface area contributed by atoms with Crippen molar-refractivity contribution in [2.45, 2.75) is 26.8 Å². The lowest BCUT2D eigenvalue weighted by atomic mass is 10.1. The van der Waals surface area contributed by atoms with Gasteiger partial charge < -0.3 is 15.8 Å². The highest BCUT2D eigenvalue weighted by molar-refractivity contribution is 5.96. The van der Waals surface area contributed by atoms with E-state index in [0.717, 1.165) is 12.1 Å². The van der Waals surface area contributed by atoms with Gasteiger partial charge in [-0.15, -0.1) is 0 Å². The molecule has 0 aliphatic carbocycles. The van der Waals surface area contributed by atoms with Crippen LogP contribution in [0.4, 0.5) is 10.1 Å². The number of halogens is 1. The lowest BCUT2D eigenvalue weighted by molar-refractivity contribution is -0.125. The van der Waals surface area contributed by atoms with Crippen LogP contribution in [0.15, 0.2) is 18.2 Å². The van der Waals surface area contributed by atoms with Crippen molar-refractivity contribution in [2.75, 3.05) is 12.3 Å². The molecule has 0 bridgehead atoms. The van der Waals surface area contributed by atoms with E-state index in [2.05, 4.69) is 5.32 Å². The van der Waals surface area contributed by atoms with Gasteiger partial charge in [0.2, 0.25) is 0 Å². The number of nitrogen functional groups attached to an aromatic ring is 1. The third-order valence-electron chi connectivity index (χ3n) is 2.96. The molecule has 20 heavy (non-hydrogen) atoms. The van der Waals surface area contributed by atoms with Gasteiger partial charge in [0.05, 0.1) is 5.56 Å². The molecule has 1 aromatic carbocycles. The molecule has 110 valence electrons. The number of nitrogens with one attached hydrogen (secondary N) is 1. The van der Waals surface area contributed by atoms with Gasteiger partial charge in [0.15, 0.2) is 6.61 Å². The van der Waals surface area contributed by atoms with E-state index >= 15 is 0 Å². The summed E-state index contributed by atoms with van der Waals surface area (Å²) in [7, 11) is 0. The van der Waals surface area contributed by atoms with E-state index in [4.69, 9.17) is 10.5 Å². The van der Waals surface area contributed by atoms with Crippen LogP contribution in [0.1, 0.15) is 31.1 Å². The summed E-state index contributed by atoms with van der Waals surface area (Å²) in [5, 5.41) is 2.69. The Morgan fingerprint density at radius 2 is 2.00 bits per heavy atom. The van der Waals surface area contributed by atoms with Crippen LogP contribution in [-0.2, 0) is 9.53 Å². The quantitative estimate of drug-likeness (QED) is 0.636. The number of carbonyl (C=O) groups is 2. The second-order valence-electron chi connectivity index (χ2n) is 4.91. The average Bonchev–Trinajstić information content (AvgIpc) is 2.38. The Bertz CT molecular complexity index is 503. The second-order valence-corrected chi connectivity index (χ2v) is 4.91. The lowest BCUT2D eigenvalue weighted by Gasteiger charge is -2.17. The standard InChI is InChI=1S/C14H19FN2O3/c1-8(2)9(3)17-13(18)7-20-14(19)11-6-10(15)4-5-12(11)16/h4-6,8-9H,7,16H2,1-3H3,(H,17,18). The minimum atomic E-state index is -0.825. The molecule has 0 radical (unpaired) electrons. The van der Waals surface area contributed by atoms with E-state index in [9.17, 15) is 14.0 Å². The van der Waals surface area contributed by atoms with E-state index in [1.165, 1.54) is 6.07 Å². The van der Waals surface area contributed by atoms with Gasteiger partial charge in [-0.3, -0.25) is 4.79 Å². The SMILES string of the molecule is CC(C)C(C)NC(=O)COC(=O)c1cc(F)ccc1N. The van der Waals surface area contributed by atoms with Gasteiger partial charge in [-0.1, -0.05) is 13.8 Å². The Morgan fingerprint density at radius 3 is 2.60 bits per heavy atom. The number of benzene rings is 1. The summed E-state index contributed by atoms with van der Waals surface area (Å²) < 4.78 is 17.8. The zero-order valence-electron chi connectivity index (χ0n) is 11.8. The Hall–Kier alpha value is -2.11. The van der Waals surface area contributed by atoms with Crippen molar-refractivity contribution in [3.8, 4) is 0 Å². The van der Waals surface area contributed by atoms with E-state index in [1.807, 2.05) is 20.8 Å². The number of rotatable bonds is 5. The number of anilines is 1. The molecular weight excluding hydrogens is 263 g/mol. The van der Waals surface area contributed by atoms with Crippen molar-refractivity contribution < 1.29 is 18.7 Å². The molecule has 1 atom stereocenters. The first-order chi connectivity index (χ1) is 9.31. The van der Waals surface area contributed by atoms with Crippen LogP contribution in [0.2, 0.25) is 0 Å². The molecule has 1 unspecified atom stereocenters. The fourth-order valence-electron chi connectivity index (χ4n) is 1.38. The molecule has 1 amide bonds. The smallest absolute Gasteiger partial charge is 0.340 e. The monoisotopic (exact) mass is 282 g/mol. The number of esters is 1. The van der Waals surface area contributed by atoms with Crippen LogP contribution >= 0.6 is 0 Å². The maximum absolute atomic E-state index is 13.0. The van der Waals surface area contributed by atoms with Gasteiger partial charge in [-0.25, -0.2) is 9.18 Å². The molecular formula is C14H19FN2O3. The molecule has 1 aromatic rings. The van der Waals surface area contributed by atoms with Crippen molar-refractivity contribution in [3.05, 3.63) is 29.6 Å². The van der Waals surface area contributed by atoms with E-state index < -0.39 is 24.3 Å². The summed E-state index contributed by atoms with van der Waals surface area (Å²) in [4.78, 5) is 23.2. The van der Waals surface area contributed by atoms with E-state index in [1.54, 1.807) is 0 Å². The van der Waals surface area contributed by atoms with Crippen LogP contribution in [0.5, 0.6) is 0 Å². The molecule has 0 saturated heterocycles. The van der Waals surface area contributed by atoms with Crippen molar-refractivity contribution in [1.82, 2.24) is 5.32 Å². The highest BCUT2D eigenvalue weighted by atomic mass is 19.1. The number of ether oxygens (including phenoxy) is 1. The predicted molar refractivity (Wildman–Crippen MR) is 73.5 cm³/mol. The molecule has 0 aliphatic rings. The highest BCUT2D eigenvalue weighted by Gasteiger charge is 2.16. The number of hydrogen-bond acceptors (Lipinski definition) is 4. The van der Waals surface area contributed by atoms with Crippen molar-refractivity contribution in [1.29, 1.82) is 0 Å². The first-order valence-corrected chi connectivity index (χ1v) is 6.32. The molecule has 0 saturated carbocycles. The summed E-state index contributed by atoms with van der Waals surface area (Å²) in [5.41, 5.74) is 5.56. The molecule has 0 spiro atoms. The zero-order chi connectivity index (χ0) is 15.3. The molecule has 0 heterocycles. The van der Waals surface area contributed by atoms with Crippen LogP contribution in [0.25, 0.3) is 0 Å². The fraction of sp³-hybridized carbons (Fsp3) is 0.429. The van der Waals surface area contributed by atoms with Crippen molar-refractivity contribution in [2.24, 2.45) is 5.92 Å². The summed E-state index contributed by atoms with van der Waals surface area (Å²) in [6.07, 6.45) is 0. The first-order valence-electron chi connectivity index (χ1n) is 6.32. The minimum absolute atomic E-state index is 0.0274. The van der Waals surface area contributed by atoms with Crippen molar-refractivity contribution in [3.63, 3.8) is 0 Å². The Kier molecular flexibility index (Phi) is 5.49. The largest absolute Gasteiger partial charge is 0.452 e. The van der Waals surface area contributed by atoms with Crippen LogP contribution in [-0.4, -0.2) is 24.5 Å².